The zero-order valence-electron chi connectivity index (χ0n) is 11.2. The summed E-state index contributed by atoms with van der Waals surface area (Å²) in [7, 11) is 0. The first-order valence-corrected chi connectivity index (χ1v) is 6.23. The fraction of sp³-hybridized carbons (Fsp3) is 0.0667. The fourth-order valence-electron chi connectivity index (χ4n) is 1.59. The van der Waals surface area contributed by atoms with Gasteiger partial charge in [-0.3, -0.25) is 0 Å². The first kappa shape index (κ1) is 14.5. The number of hydrogen-bond acceptors (Lipinski definition) is 3. The maximum absolute atomic E-state index is 13.4. The van der Waals surface area contributed by atoms with Crippen LogP contribution in [0.2, 0.25) is 0 Å². The van der Waals surface area contributed by atoms with Crippen LogP contribution < -0.4 is 16.2 Å². The molecule has 0 aliphatic heterocycles. The summed E-state index contributed by atoms with van der Waals surface area (Å²) in [5.74, 6) is 0.256. The van der Waals surface area contributed by atoms with E-state index in [1.54, 1.807) is 42.5 Å². The highest BCUT2D eigenvalue weighted by atomic mass is 19.1. The summed E-state index contributed by atoms with van der Waals surface area (Å²) in [5, 5.41) is 7.20. The minimum absolute atomic E-state index is 0.101. The van der Waals surface area contributed by atoms with Crippen LogP contribution in [0.3, 0.4) is 0 Å². The lowest BCUT2D eigenvalue weighted by atomic mass is 10.2. The van der Waals surface area contributed by atoms with Gasteiger partial charge in [-0.1, -0.05) is 18.2 Å². The number of nitrogens with two attached hydrogens (primary N) is 2. The molecule has 4 N–H and O–H groups in total. The lowest BCUT2D eigenvalue weighted by Crippen LogP contribution is -2.21. The fourth-order valence-corrected chi connectivity index (χ4v) is 1.59. The van der Waals surface area contributed by atoms with Crippen LogP contribution >= 0.6 is 0 Å². The topological polar surface area (TPSA) is 86.0 Å². The van der Waals surface area contributed by atoms with E-state index in [0.717, 1.165) is 5.56 Å². The molecule has 0 aliphatic carbocycles. The van der Waals surface area contributed by atoms with Crippen LogP contribution in [0.25, 0.3) is 0 Å². The molecule has 2 aromatic rings. The molecule has 6 heteroatoms. The van der Waals surface area contributed by atoms with Crippen LogP contribution in [0.1, 0.15) is 11.1 Å². The molecule has 2 aromatic carbocycles. The predicted octanol–water partition coefficient (Wildman–Crippen LogP) is 2.01. The van der Waals surface area contributed by atoms with Gasteiger partial charge in [0.15, 0.2) is 0 Å². The van der Waals surface area contributed by atoms with Gasteiger partial charge in [0.1, 0.15) is 18.2 Å². The van der Waals surface area contributed by atoms with Gasteiger partial charge in [0.05, 0.1) is 6.21 Å². The molecule has 0 bridgehead atoms. The molecular formula is C15H15FN4O. The summed E-state index contributed by atoms with van der Waals surface area (Å²) in [4.78, 5) is 0. The van der Waals surface area contributed by atoms with Crippen molar-refractivity contribution in [3.63, 3.8) is 0 Å². The highest BCUT2D eigenvalue weighted by Gasteiger charge is 2.01. The van der Waals surface area contributed by atoms with Gasteiger partial charge in [-0.05, 0) is 35.9 Å². The van der Waals surface area contributed by atoms with Gasteiger partial charge in [-0.15, -0.1) is 5.10 Å². The van der Waals surface area contributed by atoms with E-state index in [9.17, 15) is 4.39 Å². The van der Waals surface area contributed by atoms with Gasteiger partial charge in [0, 0.05) is 5.56 Å². The molecule has 0 atom stereocenters. The second-order valence-corrected chi connectivity index (χ2v) is 4.22. The summed E-state index contributed by atoms with van der Waals surface area (Å²) in [6.45, 7) is 0.175. The average Bonchev–Trinajstić information content (AvgIpc) is 2.47. The Morgan fingerprint density at radius 3 is 2.48 bits per heavy atom. The molecule has 0 aliphatic rings. The van der Waals surface area contributed by atoms with Crippen LogP contribution in [0.5, 0.6) is 5.75 Å². The Labute approximate surface area is 121 Å². The first-order chi connectivity index (χ1) is 10.1. The van der Waals surface area contributed by atoms with Crippen LogP contribution in [-0.4, -0.2) is 12.2 Å². The van der Waals surface area contributed by atoms with E-state index in [2.05, 4.69) is 10.2 Å². The van der Waals surface area contributed by atoms with Crippen molar-refractivity contribution in [2.75, 3.05) is 0 Å². The third kappa shape index (κ3) is 4.61. The van der Waals surface area contributed by atoms with E-state index in [-0.39, 0.29) is 18.4 Å². The highest BCUT2D eigenvalue weighted by molar-refractivity contribution is 5.81. The van der Waals surface area contributed by atoms with Crippen molar-refractivity contribution in [2.45, 2.75) is 6.61 Å². The van der Waals surface area contributed by atoms with Crippen molar-refractivity contribution in [1.29, 1.82) is 0 Å². The Morgan fingerprint density at radius 1 is 1.10 bits per heavy atom. The van der Waals surface area contributed by atoms with E-state index in [1.807, 2.05) is 0 Å². The Hall–Kier alpha value is -2.89. The maximum Gasteiger partial charge on any atom is 0.211 e. The van der Waals surface area contributed by atoms with E-state index in [4.69, 9.17) is 16.2 Å². The Kier molecular flexibility index (Phi) is 4.87. The summed E-state index contributed by atoms with van der Waals surface area (Å²) < 4.78 is 18.9. The Balaban J connectivity index is 1.95. The molecule has 0 radical (unpaired) electrons. The SMILES string of the molecule is NC(N)=N/N=C\c1ccc(OCc2ccccc2F)cc1. The molecule has 5 nitrogen and oxygen atoms in total. The predicted molar refractivity (Wildman–Crippen MR) is 80.6 cm³/mol. The lowest BCUT2D eigenvalue weighted by Gasteiger charge is -2.07. The molecule has 21 heavy (non-hydrogen) atoms. The van der Waals surface area contributed by atoms with E-state index < -0.39 is 0 Å². The van der Waals surface area contributed by atoms with Gasteiger partial charge >= 0.3 is 0 Å². The highest BCUT2D eigenvalue weighted by Crippen LogP contribution is 2.15. The van der Waals surface area contributed by atoms with Crippen molar-refractivity contribution in [1.82, 2.24) is 0 Å². The van der Waals surface area contributed by atoms with Crippen LogP contribution in [0, 0.1) is 5.82 Å². The average molecular weight is 286 g/mol. The Bertz CT molecular complexity index is 649. The van der Waals surface area contributed by atoms with E-state index in [1.165, 1.54) is 12.3 Å². The zero-order chi connectivity index (χ0) is 15.1. The number of benzene rings is 2. The van der Waals surface area contributed by atoms with Gasteiger partial charge < -0.3 is 16.2 Å². The van der Waals surface area contributed by atoms with Crippen LogP contribution in [0.15, 0.2) is 58.7 Å². The molecule has 0 amide bonds. The summed E-state index contributed by atoms with van der Waals surface area (Å²) >= 11 is 0. The third-order valence-corrected chi connectivity index (χ3v) is 2.61. The molecule has 0 heterocycles. The second-order valence-electron chi connectivity index (χ2n) is 4.22. The molecular weight excluding hydrogens is 271 g/mol. The summed E-state index contributed by atoms with van der Waals surface area (Å²) in [6.07, 6.45) is 1.51. The van der Waals surface area contributed by atoms with Crippen LogP contribution in [0.4, 0.5) is 4.39 Å². The smallest absolute Gasteiger partial charge is 0.211 e. The minimum atomic E-state index is -0.279. The molecule has 0 fully saturated rings. The number of hydrogen-bond donors (Lipinski definition) is 2. The number of guanidine groups is 1. The monoisotopic (exact) mass is 286 g/mol. The minimum Gasteiger partial charge on any atom is -0.489 e. The van der Waals surface area contributed by atoms with Gasteiger partial charge in [0.25, 0.3) is 0 Å². The van der Waals surface area contributed by atoms with Crippen LogP contribution in [-0.2, 0) is 6.61 Å². The van der Waals surface area contributed by atoms with Gasteiger partial charge in [0.2, 0.25) is 5.96 Å². The standard InChI is InChI=1S/C15H15FN4O/c16-14-4-2-1-3-12(14)10-21-13-7-5-11(6-8-13)9-19-20-15(17)18/h1-9H,10H2,(H4,17,18,20)/b19-9-. The second kappa shape index (κ2) is 7.04. The number of ether oxygens (including phenoxy) is 1. The van der Waals surface area contributed by atoms with E-state index in [0.29, 0.717) is 11.3 Å². The van der Waals surface area contributed by atoms with Crippen molar-refractivity contribution < 1.29 is 9.13 Å². The maximum atomic E-state index is 13.4. The lowest BCUT2D eigenvalue weighted by molar-refractivity contribution is 0.300. The summed E-state index contributed by atoms with van der Waals surface area (Å²) in [6, 6.07) is 13.6. The quantitative estimate of drug-likeness (QED) is 0.501. The molecule has 0 unspecified atom stereocenters. The molecule has 2 rings (SSSR count). The molecule has 0 spiro atoms. The first-order valence-electron chi connectivity index (χ1n) is 6.23. The van der Waals surface area contributed by atoms with Crippen molar-refractivity contribution >= 4 is 12.2 Å². The number of halogens is 1. The third-order valence-electron chi connectivity index (χ3n) is 2.61. The summed E-state index contributed by atoms with van der Waals surface area (Å²) in [5.41, 5.74) is 11.6. The number of rotatable bonds is 5. The molecule has 0 aromatic heterocycles. The van der Waals surface area contributed by atoms with Gasteiger partial charge in [-0.25, -0.2) is 4.39 Å². The van der Waals surface area contributed by atoms with Crippen molar-refractivity contribution in [3.8, 4) is 5.75 Å². The van der Waals surface area contributed by atoms with Gasteiger partial charge in [-0.2, -0.15) is 5.10 Å². The normalized spacial score (nSPS) is 10.5. The molecule has 108 valence electrons. The largest absolute Gasteiger partial charge is 0.489 e. The Morgan fingerprint density at radius 2 is 1.81 bits per heavy atom. The zero-order valence-corrected chi connectivity index (χ0v) is 11.2. The number of nitrogens with zero attached hydrogens (tertiary/aromatic N) is 2. The van der Waals surface area contributed by atoms with Crippen molar-refractivity contribution in [2.24, 2.45) is 21.7 Å². The molecule has 0 saturated heterocycles. The van der Waals surface area contributed by atoms with Crippen molar-refractivity contribution in [3.05, 3.63) is 65.5 Å². The molecule has 0 saturated carbocycles. The van der Waals surface area contributed by atoms with E-state index >= 15 is 0 Å².